The van der Waals surface area contributed by atoms with Crippen molar-refractivity contribution in [2.75, 3.05) is 11.9 Å². The van der Waals surface area contributed by atoms with Gasteiger partial charge in [-0.15, -0.1) is 0 Å². The van der Waals surface area contributed by atoms with Crippen LogP contribution in [0.3, 0.4) is 0 Å². The zero-order valence-corrected chi connectivity index (χ0v) is 11.0. The summed E-state index contributed by atoms with van der Waals surface area (Å²) in [6, 6.07) is 14.4. The number of benzene rings is 2. The van der Waals surface area contributed by atoms with Crippen molar-refractivity contribution in [1.82, 2.24) is 0 Å². The van der Waals surface area contributed by atoms with Crippen LogP contribution in [0.15, 0.2) is 42.5 Å². The molecule has 2 aromatic rings. The maximum absolute atomic E-state index is 13.2. The molecule has 3 heteroatoms. The minimum absolute atomic E-state index is 0.240. The van der Waals surface area contributed by atoms with Crippen LogP contribution in [-0.4, -0.2) is 7.05 Å². The first kappa shape index (κ1) is 13.1. The summed E-state index contributed by atoms with van der Waals surface area (Å²) in [4.78, 5) is 1.96. The first-order chi connectivity index (χ1) is 9.10. The summed E-state index contributed by atoms with van der Waals surface area (Å²) in [5, 5.41) is 9.13. The minimum Gasteiger partial charge on any atom is -0.369 e. The molecule has 0 heterocycles. The SMILES string of the molecule is Cc1ccc(C#N)c(N(C)Cc2cccc(F)c2)c1. The minimum atomic E-state index is -0.240. The molecule has 0 amide bonds. The van der Waals surface area contributed by atoms with E-state index in [1.807, 2.05) is 43.1 Å². The number of hydrogen-bond donors (Lipinski definition) is 0. The van der Waals surface area contributed by atoms with Gasteiger partial charge < -0.3 is 4.90 Å². The van der Waals surface area contributed by atoms with Gasteiger partial charge in [0, 0.05) is 13.6 Å². The van der Waals surface area contributed by atoms with Gasteiger partial charge in [-0.2, -0.15) is 5.26 Å². The van der Waals surface area contributed by atoms with Crippen molar-refractivity contribution >= 4 is 5.69 Å². The first-order valence-corrected chi connectivity index (χ1v) is 6.06. The number of nitriles is 1. The van der Waals surface area contributed by atoms with Crippen molar-refractivity contribution in [3.05, 3.63) is 65.0 Å². The van der Waals surface area contributed by atoms with Crippen LogP contribution >= 0.6 is 0 Å². The monoisotopic (exact) mass is 254 g/mol. The second-order valence-corrected chi connectivity index (χ2v) is 4.62. The number of halogens is 1. The van der Waals surface area contributed by atoms with E-state index in [9.17, 15) is 4.39 Å². The lowest BCUT2D eigenvalue weighted by atomic mass is 10.1. The van der Waals surface area contributed by atoms with Crippen LogP contribution in [0.1, 0.15) is 16.7 Å². The van der Waals surface area contributed by atoms with Gasteiger partial charge in [0.05, 0.1) is 11.3 Å². The molecular formula is C16H15FN2. The van der Waals surface area contributed by atoms with E-state index < -0.39 is 0 Å². The number of anilines is 1. The third-order valence-corrected chi connectivity index (χ3v) is 2.99. The van der Waals surface area contributed by atoms with E-state index in [-0.39, 0.29) is 5.82 Å². The van der Waals surface area contributed by atoms with Gasteiger partial charge in [-0.05, 0) is 42.3 Å². The average Bonchev–Trinajstić information content (AvgIpc) is 2.38. The molecule has 0 aromatic heterocycles. The highest BCUT2D eigenvalue weighted by Crippen LogP contribution is 2.22. The summed E-state index contributed by atoms with van der Waals surface area (Å²) < 4.78 is 13.2. The van der Waals surface area contributed by atoms with Gasteiger partial charge in [-0.25, -0.2) is 4.39 Å². The Morgan fingerprint density at radius 2 is 2.00 bits per heavy atom. The number of hydrogen-bond acceptors (Lipinski definition) is 2. The molecule has 2 nitrogen and oxygen atoms in total. The Morgan fingerprint density at radius 1 is 1.21 bits per heavy atom. The molecule has 0 aliphatic rings. The normalized spacial score (nSPS) is 10.0. The Kier molecular flexibility index (Phi) is 3.82. The first-order valence-electron chi connectivity index (χ1n) is 6.06. The molecule has 2 aromatic carbocycles. The maximum Gasteiger partial charge on any atom is 0.123 e. The van der Waals surface area contributed by atoms with Crippen molar-refractivity contribution in [1.29, 1.82) is 5.26 Å². The molecule has 0 bridgehead atoms. The van der Waals surface area contributed by atoms with E-state index in [1.165, 1.54) is 12.1 Å². The standard InChI is InChI=1S/C16H15FN2/c1-12-6-7-14(10-18)16(8-12)19(2)11-13-4-3-5-15(17)9-13/h3-9H,11H2,1-2H3. The van der Waals surface area contributed by atoms with Crippen molar-refractivity contribution in [2.24, 2.45) is 0 Å². The highest BCUT2D eigenvalue weighted by Gasteiger charge is 2.08. The smallest absolute Gasteiger partial charge is 0.123 e. The molecule has 96 valence electrons. The van der Waals surface area contributed by atoms with Crippen molar-refractivity contribution in [3.63, 3.8) is 0 Å². The summed E-state index contributed by atoms with van der Waals surface area (Å²) >= 11 is 0. The van der Waals surface area contributed by atoms with Gasteiger partial charge >= 0.3 is 0 Å². The van der Waals surface area contributed by atoms with E-state index in [0.29, 0.717) is 12.1 Å². The van der Waals surface area contributed by atoms with Crippen molar-refractivity contribution in [3.8, 4) is 6.07 Å². The second-order valence-electron chi connectivity index (χ2n) is 4.62. The molecule has 0 fully saturated rings. The van der Waals surface area contributed by atoms with E-state index >= 15 is 0 Å². The topological polar surface area (TPSA) is 27.0 Å². The Labute approximate surface area is 112 Å². The number of rotatable bonds is 3. The molecular weight excluding hydrogens is 239 g/mol. The molecule has 0 saturated carbocycles. The second kappa shape index (κ2) is 5.53. The lowest BCUT2D eigenvalue weighted by Gasteiger charge is -2.21. The summed E-state index contributed by atoms with van der Waals surface area (Å²) in [7, 11) is 1.90. The van der Waals surface area contributed by atoms with Crippen LogP contribution in [0, 0.1) is 24.1 Å². The van der Waals surface area contributed by atoms with Gasteiger partial charge in [-0.1, -0.05) is 18.2 Å². The van der Waals surface area contributed by atoms with Crippen molar-refractivity contribution in [2.45, 2.75) is 13.5 Å². The third-order valence-electron chi connectivity index (χ3n) is 2.99. The zero-order valence-electron chi connectivity index (χ0n) is 11.0. The predicted molar refractivity (Wildman–Crippen MR) is 74.4 cm³/mol. The van der Waals surface area contributed by atoms with Gasteiger partial charge in [0.2, 0.25) is 0 Å². The predicted octanol–water partition coefficient (Wildman–Crippen LogP) is 3.64. The lowest BCUT2D eigenvalue weighted by molar-refractivity contribution is 0.625. The van der Waals surface area contributed by atoms with Crippen LogP contribution in [0.25, 0.3) is 0 Å². The highest BCUT2D eigenvalue weighted by molar-refractivity contribution is 5.60. The fourth-order valence-corrected chi connectivity index (χ4v) is 2.05. The van der Waals surface area contributed by atoms with Crippen molar-refractivity contribution < 1.29 is 4.39 Å². The van der Waals surface area contributed by atoms with Gasteiger partial charge in [-0.3, -0.25) is 0 Å². The van der Waals surface area contributed by atoms with Gasteiger partial charge in [0.1, 0.15) is 11.9 Å². The molecule has 19 heavy (non-hydrogen) atoms. The summed E-state index contributed by atoms with van der Waals surface area (Å²) in [5.41, 5.74) is 3.48. The van der Waals surface area contributed by atoms with Crippen LogP contribution in [0.2, 0.25) is 0 Å². The van der Waals surface area contributed by atoms with Crippen LogP contribution in [0.4, 0.5) is 10.1 Å². The number of nitrogens with zero attached hydrogens (tertiary/aromatic N) is 2. The largest absolute Gasteiger partial charge is 0.369 e. The summed E-state index contributed by atoms with van der Waals surface area (Å²) in [6.07, 6.45) is 0. The maximum atomic E-state index is 13.2. The van der Waals surface area contributed by atoms with E-state index in [1.54, 1.807) is 6.07 Å². The van der Waals surface area contributed by atoms with Crippen LogP contribution in [-0.2, 0) is 6.54 Å². The molecule has 0 atom stereocenters. The van der Waals surface area contributed by atoms with Gasteiger partial charge in [0.25, 0.3) is 0 Å². The van der Waals surface area contributed by atoms with E-state index in [0.717, 1.165) is 16.8 Å². The number of aryl methyl sites for hydroxylation is 1. The van der Waals surface area contributed by atoms with Crippen LogP contribution < -0.4 is 4.90 Å². The quantitative estimate of drug-likeness (QED) is 0.836. The Bertz CT molecular complexity index is 629. The fraction of sp³-hybridized carbons (Fsp3) is 0.188. The molecule has 0 saturated heterocycles. The Morgan fingerprint density at radius 3 is 2.68 bits per heavy atom. The molecule has 2 rings (SSSR count). The highest BCUT2D eigenvalue weighted by atomic mass is 19.1. The molecule has 0 aliphatic heterocycles. The Balaban J connectivity index is 2.27. The lowest BCUT2D eigenvalue weighted by Crippen LogP contribution is -2.17. The third kappa shape index (κ3) is 3.11. The Hall–Kier alpha value is -2.34. The molecule has 0 radical (unpaired) electrons. The molecule has 0 unspecified atom stereocenters. The van der Waals surface area contributed by atoms with E-state index in [4.69, 9.17) is 5.26 Å². The molecule has 0 N–H and O–H groups in total. The molecule has 0 aliphatic carbocycles. The van der Waals surface area contributed by atoms with Crippen LogP contribution in [0.5, 0.6) is 0 Å². The summed E-state index contributed by atoms with van der Waals surface area (Å²) in [6.45, 7) is 2.55. The zero-order chi connectivity index (χ0) is 13.8. The fourth-order valence-electron chi connectivity index (χ4n) is 2.05. The average molecular weight is 254 g/mol. The summed E-state index contributed by atoms with van der Waals surface area (Å²) in [5.74, 6) is -0.240. The van der Waals surface area contributed by atoms with Gasteiger partial charge in [0.15, 0.2) is 0 Å². The van der Waals surface area contributed by atoms with E-state index in [2.05, 4.69) is 6.07 Å². The molecule has 0 spiro atoms.